The Balaban J connectivity index is 1.83. The normalized spacial score (nSPS) is 23.8. The van der Waals surface area contributed by atoms with Crippen LogP contribution in [0.4, 0.5) is 11.8 Å². The number of aryl methyl sites for hydroxylation is 1. The second kappa shape index (κ2) is 7.66. The lowest BCUT2D eigenvalue weighted by Crippen LogP contribution is -2.48. The molecule has 3 atom stereocenters. The van der Waals surface area contributed by atoms with Crippen molar-refractivity contribution in [1.29, 1.82) is 0 Å². The maximum Gasteiger partial charge on any atom is 0.228 e. The molecular weight excluding hydrogens is 410 g/mol. The minimum absolute atomic E-state index is 0.134. The molecule has 10 heteroatoms. The summed E-state index contributed by atoms with van der Waals surface area (Å²) in [6.07, 6.45) is 1.16. The van der Waals surface area contributed by atoms with E-state index in [1.54, 1.807) is 31.3 Å². The van der Waals surface area contributed by atoms with Gasteiger partial charge in [-0.05, 0) is 31.9 Å². The van der Waals surface area contributed by atoms with Crippen LogP contribution < -0.4 is 10.2 Å². The van der Waals surface area contributed by atoms with E-state index in [4.69, 9.17) is 16.0 Å². The van der Waals surface area contributed by atoms with E-state index >= 15 is 0 Å². The molecule has 3 heterocycles. The average Bonchev–Trinajstić information content (AvgIpc) is 3.21. The van der Waals surface area contributed by atoms with Crippen LogP contribution in [0.25, 0.3) is 22.3 Å². The number of aliphatic hydroxyl groups is 3. The number of rotatable bonds is 5. The molecule has 9 nitrogen and oxygen atoms in total. The number of aliphatic hydroxyl groups excluding tert-OH is 2. The highest BCUT2D eigenvalue weighted by molar-refractivity contribution is 6.32. The monoisotopic (exact) mass is 433 g/mol. The molecule has 1 fully saturated rings. The van der Waals surface area contributed by atoms with Crippen molar-refractivity contribution in [2.75, 3.05) is 30.9 Å². The molecule has 30 heavy (non-hydrogen) atoms. The first-order chi connectivity index (χ1) is 14.2. The lowest BCUT2D eigenvalue weighted by Gasteiger charge is -2.31. The fourth-order valence-corrected chi connectivity index (χ4v) is 4.00. The van der Waals surface area contributed by atoms with E-state index in [2.05, 4.69) is 20.3 Å². The molecule has 0 saturated heterocycles. The highest BCUT2D eigenvalue weighted by Crippen LogP contribution is 2.41. The van der Waals surface area contributed by atoms with Gasteiger partial charge >= 0.3 is 0 Å². The van der Waals surface area contributed by atoms with Gasteiger partial charge in [-0.25, -0.2) is 4.98 Å². The molecule has 4 N–H and O–H groups in total. The van der Waals surface area contributed by atoms with Crippen LogP contribution in [-0.2, 0) is 0 Å². The summed E-state index contributed by atoms with van der Waals surface area (Å²) in [5.41, 5.74) is 0.114. The molecule has 1 aliphatic carbocycles. The number of aromatic nitrogens is 3. The molecule has 3 aromatic rings. The lowest BCUT2D eigenvalue weighted by molar-refractivity contribution is -0.0545. The predicted molar refractivity (Wildman–Crippen MR) is 113 cm³/mol. The Hall–Kier alpha value is -2.46. The molecule has 1 aliphatic rings. The Morgan fingerprint density at radius 2 is 2.10 bits per heavy atom. The standard InChI is InChI=1S/C20H24ClN5O4/c1-10-6-12-7-13(30-14(12)8-22-10)15-17(21)23-19(26(2)3)24-18(15)25-20(29)5-4-11(9-27)16(20)28/h6-8,11,16,27-29H,4-5,9H2,1-3H3,(H,23,24,25). The van der Waals surface area contributed by atoms with Gasteiger partial charge in [0.2, 0.25) is 5.95 Å². The summed E-state index contributed by atoms with van der Waals surface area (Å²) in [4.78, 5) is 14.7. The molecule has 0 bridgehead atoms. The zero-order valence-electron chi connectivity index (χ0n) is 16.9. The summed E-state index contributed by atoms with van der Waals surface area (Å²) in [6, 6.07) is 3.69. The molecule has 0 amide bonds. The molecule has 0 aliphatic heterocycles. The predicted octanol–water partition coefficient (Wildman–Crippen LogP) is 2.18. The van der Waals surface area contributed by atoms with Gasteiger partial charge in [0.15, 0.2) is 11.3 Å². The largest absolute Gasteiger partial charge is 0.454 e. The minimum atomic E-state index is -1.67. The van der Waals surface area contributed by atoms with E-state index in [-0.39, 0.29) is 24.0 Å². The van der Waals surface area contributed by atoms with Crippen LogP contribution in [0.2, 0.25) is 5.15 Å². The zero-order chi connectivity index (χ0) is 21.6. The van der Waals surface area contributed by atoms with Crippen molar-refractivity contribution in [2.45, 2.75) is 31.6 Å². The number of nitrogens with zero attached hydrogens (tertiary/aromatic N) is 4. The van der Waals surface area contributed by atoms with Crippen molar-refractivity contribution in [1.82, 2.24) is 15.0 Å². The van der Waals surface area contributed by atoms with Crippen LogP contribution in [0, 0.1) is 12.8 Å². The van der Waals surface area contributed by atoms with Gasteiger partial charge in [-0.3, -0.25) is 4.98 Å². The number of pyridine rings is 1. The molecular formula is C20H24ClN5O4. The van der Waals surface area contributed by atoms with E-state index in [1.807, 2.05) is 13.0 Å². The number of furan rings is 1. The summed E-state index contributed by atoms with van der Waals surface area (Å²) in [5.74, 6) is 0.527. The van der Waals surface area contributed by atoms with Gasteiger partial charge in [-0.2, -0.15) is 4.98 Å². The van der Waals surface area contributed by atoms with Crippen molar-refractivity contribution >= 4 is 34.3 Å². The summed E-state index contributed by atoms with van der Waals surface area (Å²) in [6.45, 7) is 1.66. The van der Waals surface area contributed by atoms with Gasteiger partial charge in [-0.1, -0.05) is 11.6 Å². The minimum Gasteiger partial charge on any atom is -0.454 e. The molecule has 160 valence electrons. The number of hydrogen-bond donors (Lipinski definition) is 4. The van der Waals surface area contributed by atoms with E-state index in [9.17, 15) is 15.3 Å². The first kappa shape index (κ1) is 20.8. The van der Waals surface area contributed by atoms with Gasteiger partial charge in [0.05, 0.1) is 11.8 Å². The molecule has 3 aromatic heterocycles. The van der Waals surface area contributed by atoms with Gasteiger partial charge in [-0.15, -0.1) is 0 Å². The fourth-order valence-electron chi connectivity index (χ4n) is 3.74. The highest BCUT2D eigenvalue weighted by Gasteiger charge is 2.47. The van der Waals surface area contributed by atoms with E-state index in [0.29, 0.717) is 29.3 Å². The Labute approximate surface area is 178 Å². The number of fused-ring (bicyclic) bond motifs is 1. The third kappa shape index (κ3) is 3.58. The molecule has 3 unspecified atom stereocenters. The summed E-state index contributed by atoms with van der Waals surface area (Å²) >= 11 is 6.52. The number of halogens is 1. The van der Waals surface area contributed by atoms with Crippen LogP contribution in [0.15, 0.2) is 22.7 Å². The average molecular weight is 434 g/mol. The van der Waals surface area contributed by atoms with Crippen molar-refractivity contribution < 1.29 is 19.7 Å². The van der Waals surface area contributed by atoms with Crippen LogP contribution in [-0.4, -0.2) is 62.8 Å². The summed E-state index contributed by atoms with van der Waals surface area (Å²) < 4.78 is 5.93. The number of nitrogens with one attached hydrogen (secondary N) is 1. The Kier molecular flexibility index (Phi) is 5.31. The lowest BCUT2D eigenvalue weighted by atomic mass is 10.0. The van der Waals surface area contributed by atoms with Gasteiger partial charge in [0.25, 0.3) is 0 Å². The Morgan fingerprint density at radius 1 is 1.33 bits per heavy atom. The fraction of sp³-hybridized carbons (Fsp3) is 0.450. The zero-order valence-corrected chi connectivity index (χ0v) is 17.7. The van der Waals surface area contributed by atoms with E-state index in [0.717, 1.165) is 11.1 Å². The quantitative estimate of drug-likeness (QED) is 0.353. The van der Waals surface area contributed by atoms with Crippen molar-refractivity contribution in [3.63, 3.8) is 0 Å². The maximum absolute atomic E-state index is 11.1. The third-order valence-corrected chi connectivity index (χ3v) is 5.72. The van der Waals surface area contributed by atoms with Crippen molar-refractivity contribution in [2.24, 2.45) is 5.92 Å². The van der Waals surface area contributed by atoms with Crippen molar-refractivity contribution in [3.8, 4) is 11.3 Å². The third-order valence-electron chi connectivity index (χ3n) is 5.44. The molecule has 0 radical (unpaired) electrons. The molecule has 4 rings (SSSR count). The summed E-state index contributed by atoms with van der Waals surface area (Å²) in [5, 5.41) is 35.0. The molecule has 0 spiro atoms. The maximum atomic E-state index is 11.1. The van der Waals surface area contributed by atoms with E-state index < -0.39 is 17.7 Å². The topological polar surface area (TPSA) is 128 Å². The van der Waals surface area contributed by atoms with Crippen LogP contribution >= 0.6 is 11.6 Å². The van der Waals surface area contributed by atoms with Gasteiger partial charge in [0.1, 0.15) is 22.8 Å². The number of hydrogen-bond acceptors (Lipinski definition) is 9. The van der Waals surface area contributed by atoms with Gasteiger partial charge in [0, 0.05) is 37.7 Å². The van der Waals surface area contributed by atoms with E-state index in [1.165, 1.54) is 0 Å². The second-order valence-electron chi connectivity index (χ2n) is 7.88. The van der Waals surface area contributed by atoms with Crippen LogP contribution in [0.3, 0.4) is 0 Å². The smallest absolute Gasteiger partial charge is 0.228 e. The number of anilines is 2. The highest BCUT2D eigenvalue weighted by atomic mass is 35.5. The van der Waals surface area contributed by atoms with Gasteiger partial charge < -0.3 is 30.0 Å². The van der Waals surface area contributed by atoms with Crippen LogP contribution in [0.1, 0.15) is 18.5 Å². The first-order valence-corrected chi connectivity index (χ1v) is 10.0. The second-order valence-corrected chi connectivity index (χ2v) is 8.24. The molecule has 0 aromatic carbocycles. The van der Waals surface area contributed by atoms with Crippen molar-refractivity contribution in [3.05, 3.63) is 29.2 Å². The SMILES string of the molecule is Cc1cc2cc(-c3c(Cl)nc(N(C)C)nc3NC3(O)CCC(CO)C3O)oc2cn1. The first-order valence-electron chi connectivity index (χ1n) is 9.62. The van der Waals surface area contributed by atoms with Crippen LogP contribution in [0.5, 0.6) is 0 Å². The Bertz CT molecular complexity index is 1090. The summed E-state index contributed by atoms with van der Waals surface area (Å²) in [7, 11) is 3.54. The Morgan fingerprint density at radius 3 is 2.77 bits per heavy atom. The molecule has 1 saturated carbocycles.